The molecule has 3 aromatic rings. The van der Waals surface area contributed by atoms with E-state index in [0.717, 1.165) is 11.3 Å². The minimum Gasteiger partial charge on any atom is -0.368 e. The van der Waals surface area contributed by atoms with Gasteiger partial charge in [0.05, 0.1) is 4.90 Å². The molecule has 1 amide bonds. The second-order valence-electron chi connectivity index (χ2n) is 8.65. The topological polar surface area (TPSA) is 109 Å². The van der Waals surface area contributed by atoms with Crippen LogP contribution in [0.15, 0.2) is 64.0 Å². The fraction of sp³-hybridized carbons (Fsp3) is 0.375. The Balaban J connectivity index is 1.39. The van der Waals surface area contributed by atoms with E-state index in [1.807, 2.05) is 38.1 Å². The van der Waals surface area contributed by atoms with Crippen molar-refractivity contribution in [3.8, 4) is 11.4 Å². The monoisotopic (exact) mass is 483 g/mol. The lowest BCUT2D eigenvalue weighted by molar-refractivity contribution is -0.134. The number of rotatable bonds is 7. The SMILES string of the molecule is Cc1nc(-c2ccc(N3CCN(C(=O)[C@@H](NS(=O)(=O)c4ccccc4)C(C)C)CC3)cc2)no1. The zero-order chi connectivity index (χ0) is 24.3. The van der Waals surface area contributed by atoms with Gasteiger partial charge < -0.3 is 14.3 Å². The first-order chi connectivity index (χ1) is 16.2. The molecule has 4 rings (SSSR count). The summed E-state index contributed by atoms with van der Waals surface area (Å²) in [7, 11) is -3.79. The van der Waals surface area contributed by atoms with Crippen LogP contribution in [0.25, 0.3) is 11.4 Å². The molecule has 0 aliphatic carbocycles. The first kappa shape index (κ1) is 23.9. The summed E-state index contributed by atoms with van der Waals surface area (Å²) in [6.45, 7) is 7.79. The van der Waals surface area contributed by atoms with Crippen LogP contribution in [-0.2, 0) is 14.8 Å². The molecule has 2 aromatic carbocycles. The number of aromatic nitrogens is 2. The first-order valence-corrected chi connectivity index (χ1v) is 12.7. The number of nitrogens with zero attached hydrogens (tertiary/aromatic N) is 4. The van der Waals surface area contributed by atoms with Crippen molar-refractivity contribution in [3.63, 3.8) is 0 Å². The van der Waals surface area contributed by atoms with Crippen LogP contribution < -0.4 is 9.62 Å². The van der Waals surface area contributed by atoms with E-state index in [-0.39, 0.29) is 16.7 Å². The summed E-state index contributed by atoms with van der Waals surface area (Å²) in [6.07, 6.45) is 0. The number of carbonyl (C=O) groups is 1. The summed E-state index contributed by atoms with van der Waals surface area (Å²) in [5, 5.41) is 3.94. The highest BCUT2D eigenvalue weighted by molar-refractivity contribution is 7.89. The third kappa shape index (κ3) is 5.28. The first-order valence-electron chi connectivity index (χ1n) is 11.3. The molecule has 1 fully saturated rings. The lowest BCUT2D eigenvalue weighted by Gasteiger charge is -2.38. The summed E-state index contributed by atoms with van der Waals surface area (Å²) >= 11 is 0. The Morgan fingerprint density at radius 3 is 2.21 bits per heavy atom. The van der Waals surface area contributed by atoms with Crippen molar-refractivity contribution >= 4 is 21.6 Å². The molecule has 1 aliphatic heterocycles. The van der Waals surface area contributed by atoms with Gasteiger partial charge in [-0.05, 0) is 42.3 Å². The molecule has 34 heavy (non-hydrogen) atoms. The van der Waals surface area contributed by atoms with E-state index in [0.29, 0.717) is 37.9 Å². The van der Waals surface area contributed by atoms with Gasteiger partial charge in [-0.1, -0.05) is 37.2 Å². The molecule has 1 aliphatic rings. The number of sulfonamides is 1. The second kappa shape index (κ2) is 9.94. The van der Waals surface area contributed by atoms with Gasteiger partial charge in [-0.25, -0.2) is 8.42 Å². The average molecular weight is 484 g/mol. The van der Waals surface area contributed by atoms with Crippen LogP contribution in [0.4, 0.5) is 5.69 Å². The quantitative estimate of drug-likeness (QED) is 0.550. The number of carbonyl (C=O) groups excluding carboxylic acids is 1. The molecule has 10 heteroatoms. The van der Waals surface area contributed by atoms with E-state index in [9.17, 15) is 13.2 Å². The lowest BCUT2D eigenvalue weighted by Crippen LogP contribution is -2.56. The van der Waals surface area contributed by atoms with E-state index in [1.165, 1.54) is 12.1 Å². The number of amides is 1. The van der Waals surface area contributed by atoms with E-state index < -0.39 is 16.1 Å². The van der Waals surface area contributed by atoms with Crippen LogP contribution in [-0.4, -0.2) is 61.6 Å². The highest BCUT2D eigenvalue weighted by Gasteiger charge is 2.33. The van der Waals surface area contributed by atoms with E-state index in [2.05, 4.69) is 19.8 Å². The zero-order valence-electron chi connectivity index (χ0n) is 19.5. The van der Waals surface area contributed by atoms with Crippen molar-refractivity contribution in [1.29, 1.82) is 0 Å². The smallest absolute Gasteiger partial charge is 0.241 e. The predicted octanol–water partition coefficient (Wildman–Crippen LogP) is 2.70. The van der Waals surface area contributed by atoms with Crippen LogP contribution in [0, 0.1) is 12.8 Å². The minimum atomic E-state index is -3.79. The lowest BCUT2D eigenvalue weighted by atomic mass is 10.0. The maximum Gasteiger partial charge on any atom is 0.241 e. The van der Waals surface area contributed by atoms with Gasteiger partial charge >= 0.3 is 0 Å². The number of nitrogens with one attached hydrogen (secondary N) is 1. The van der Waals surface area contributed by atoms with Crippen molar-refractivity contribution in [2.45, 2.75) is 31.7 Å². The Morgan fingerprint density at radius 2 is 1.65 bits per heavy atom. The van der Waals surface area contributed by atoms with Gasteiger partial charge in [-0.2, -0.15) is 9.71 Å². The molecule has 180 valence electrons. The Labute approximate surface area is 199 Å². The average Bonchev–Trinajstić information content (AvgIpc) is 3.29. The van der Waals surface area contributed by atoms with Crippen LogP contribution in [0.5, 0.6) is 0 Å². The molecule has 9 nitrogen and oxygen atoms in total. The fourth-order valence-corrected chi connectivity index (χ4v) is 5.28. The van der Waals surface area contributed by atoms with E-state index in [4.69, 9.17) is 4.52 Å². The molecule has 1 aromatic heterocycles. The Morgan fingerprint density at radius 1 is 1.00 bits per heavy atom. The third-order valence-corrected chi connectivity index (χ3v) is 7.33. The van der Waals surface area contributed by atoms with Crippen LogP contribution in [0.1, 0.15) is 19.7 Å². The summed E-state index contributed by atoms with van der Waals surface area (Å²) in [4.78, 5) is 21.6. The van der Waals surface area contributed by atoms with Crippen molar-refractivity contribution < 1.29 is 17.7 Å². The Kier molecular flexibility index (Phi) is 6.99. The molecule has 1 N–H and O–H groups in total. The molecular formula is C24H29N5O4S. The number of piperazine rings is 1. The third-order valence-electron chi connectivity index (χ3n) is 5.88. The maximum atomic E-state index is 13.3. The van der Waals surface area contributed by atoms with Crippen LogP contribution >= 0.6 is 0 Å². The van der Waals surface area contributed by atoms with E-state index >= 15 is 0 Å². The number of benzene rings is 2. The number of aryl methyl sites for hydroxylation is 1. The molecule has 1 saturated heterocycles. The summed E-state index contributed by atoms with van der Waals surface area (Å²) in [5.41, 5.74) is 1.92. The summed E-state index contributed by atoms with van der Waals surface area (Å²) < 4.78 is 33.3. The standard InChI is InChI=1S/C24H29N5O4S/c1-17(2)22(27-34(31,32)21-7-5-4-6-8-21)24(30)29-15-13-28(14-16-29)20-11-9-19(10-12-20)23-25-18(3)33-26-23/h4-12,17,22,27H,13-16H2,1-3H3/t22-/m0/s1. The Hall–Kier alpha value is -3.24. The molecule has 2 heterocycles. The van der Waals surface area contributed by atoms with Crippen molar-refractivity contribution in [1.82, 2.24) is 19.8 Å². The van der Waals surface area contributed by atoms with Gasteiger partial charge in [0.2, 0.25) is 27.6 Å². The largest absolute Gasteiger partial charge is 0.368 e. The van der Waals surface area contributed by atoms with Gasteiger partial charge in [-0.3, -0.25) is 4.79 Å². The second-order valence-corrected chi connectivity index (χ2v) is 10.4. The molecule has 0 bridgehead atoms. The van der Waals surface area contributed by atoms with E-state index in [1.54, 1.807) is 30.0 Å². The fourth-order valence-electron chi connectivity index (χ4n) is 3.93. The van der Waals surface area contributed by atoms with Gasteiger partial charge in [-0.15, -0.1) is 0 Å². The minimum absolute atomic E-state index is 0.151. The summed E-state index contributed by atoms with van der Waals surface area (Å²) in [6, 6.07) is 15.2. The normalized spacial score (nSPS) is 15.5. The van der Waals surface area contributed by atoms with Crippen molar-refractivity contribution in [3.05, 3.63) is 60.5 Å². The Bertz CT molecular complexity index is 1220. The number of hydrogen-bond acceptors (Lipinski definition) is 7. The predicted molar refractivity (Wildman–Crippen MR) is 129 cm³/mol. The maximum absolute atomic E-state index is 13.3. The molecule has 0 spiro atoms. The number of anilines is 1. The number of hydrogen-bond donors (Lipinski definition) is 1. The highest BCUT2D eigenvalue weighted by atomic mass is 32.2. The molecular weight excluding hydrogens is 454 g/mol. The van der Waals surface area contributed by atoms with Gasteiger partial charge in [0.15, 0.2) is 0 Å². The zero-order valence-corrected chi connectivity index (χ0v) is 20.3. The van der Waals surface area contributed by atoms with Gasteiger partial charge in [0.1, 0.15) is 6.04 Å². The van der Waals surface area contributed by atoms with Crippen LogP contribution in [0.2, 0.25) is 0 Å². The molecule has 0 radical (unpaired) electrons. The molecule has 1 atom stereocenters. The van der Waals surface area contributed by atoms with Gasteiger partial charge in [0, 0.05) is 44.4 Å². The highest BCUT2D eigenvalue weighted by Crippen LogP contribution is 2.23. The molecule has 0 unspecified atom stereocenters. The summed E-state index contributed by atoms with van der Waals surface area (Å²) in [5.74, 6) is 0.685. The van der Waals surface area contributed by atoms with Crippen LogP contribution in [0.3, 0.4) is 0 Å². The van der Waals surface area contributed by atoms with Gasteiger partial charge in [0.25, 0.3) is 0 Å². The van der Waals surface area contributed by atoms with Crippen molar-refractivity contribution in [2.75, 3.05) is 31.1 Å². The van der Waals surface area contributed by atoms with Crippen molar-refractivity contribution in [2.24, 2.45) is 5.92 Å². The molecule has 0 saturated carbocycles.